The number of rotatable bonds is 10. The summed E-state index contributed by atoms with van der Waals surface area (Å²) in [7, 11) is 0. The number of carbonyl (C=O) groups is 2. The highest BCUT2D eigenvalue weighted by Gasteiger charge is 2.29. The van der Waals surface area contributed by atoms with Crippen molar-refractivity contribution in [1.82, 2.24) is 10.2 Å². The standard InChI is InChI=1S/C23H28ClFN2O2/c1-3-14-26-23(29)21(4-2)27(15-13-17-9-6-5-7-10-17)22(28)16-18-19(24)11-8-12-20(18)25/h5-12,21H,3-4,13-16H2,1-2H3,(H,26,29)/t21-/m0/s1. The average molecular weight is 419 g/mol. The molecule has 6 heteroatoms. The molecule has 2 amide bonds. The van der Waals surface area contributed by atoms with Crippen LogP contribution in [0, 0.1) is 5.82 Å². The number of benzene rings is 2. The maximum absolute atomic E-state index is 14.2. The van der Waals surface area contributed by atoms with E-state index in [1.54, 1.807) is 11.0 Å². The summed E-state index contributed by atoms with van der Waals surface area (Å²) in [5.74, 6) is -1.01. The summed E-state index contributed by atoms with van der Waals surface area (Å²) < 4.78 is 14.2. The fraction of sp³-hybridized carbons (Fsp3) is 0.391. The van der Waals surface area contributed by atoms with Crippen LogP contribution in [0.1, 0.15) is 37.8 Å². The van der Waals surface area contributed by atoms with E-state index < -0.39 is 11.9 Å². The summed E-state index contributed by atoms with van der Waals surface area (Å²) >= 11 is 6.11. The molecule has 1 atom stereocenters. The minimum atomic E-state index is -0.608. The Morgan fingerprint density at radius 3 is 2.45 bits per heavy atom. The first-order valence-corrected chi connectivity index (χ1v) is 10.4. The van der Waals surface area contributed by atoms with Gasteiger partial charge in [-0.15, -0.1) is 0 Å². The zero-order chi connectivity index (χ0) is 21.2. The van der Waals surface area contributed by atoms with E-state index >= 15 is 0 Å². The Morgan fingerprint density at radius 1 is 1.10 bits per heavy atom. The molecule has 4 nitrogen and oxygen atoms in total. The molecule has 156 valence electrons. The second kappa shape index (κ2) is 11.6. The van der Waals surface area contributed by atoms with Gasteiger partial charge in [0.25, 0.3) is 0 Å². The van der Waals surface area contributed by atoms with Crippen LogP contribution in [0.2, 0.25) is 5.02 Å². The third-order valence-electron chi connectivity index (χ3n) is 4.81. The molecular formula is C23H28ClFN2O2. The summed E-state index contributed by atoms with van der Waals surface area (Å²) in [5.41, 5.74) is 1.23. The Balaban J connectivity index is 2.23. The van der Waals surface area contributed by atoms with E-state index in [0.29, 0.717) is 25.9 Å². The van der Waals surface area contributed by atoms with Crippen molar-refractivity contribution in [2.45, 2.75) is 45.6 Å². The number of amides is 2. The number of hydrogen-bond acceptors (Lipinski definition) is 2. The van der Waals surface area contributed by atoms with Crippen LogP contribution in [0.4, 0.5) is 4.39 Å². The van der Waals surface area contributed by atoms with Crippen molar-refractivity contribution in [3.63, 3.8) is 0 Å². The Hall–Kier alpha value is -2.40. The molecule has 0 saturated heterocycles. The first-order valence-electron chi connectivity index (χ1n) is 10.0. The molecule has 29 heavy (non-hydrogen) atoms. The largest absolute Gasteiger partial charge is 0.354 e. The van der Waals surface area contributed by atoms with E-state index in [1.165, 1.54) is 12.1 Å². The summed E-state index contributed by atoms with van der Waals surface area (Å²) in [6, 6.07) is 13.5. The molecular weight excluding hydrogens is 391 g/mol. The summed E-state index contributed by atoms with van der Waals surface area (Å²) in [4.78, 5) is 27.4. The first-order chi connectivity index (χ1) is 14.0. The van der Waals surface area contributed by atoms with Gasteiger partial charge in [-0.05, 0) is 37.0 Å². The maximum atomic E-state index is 14.2. The van der Waals surface area contributed by atoms with Crippen molar-refractivity contribution in [1.29, 1.82) is 0 Å². The molecule has 2 aromatic carbocycles. The van der Waals surface area contributed by atoms with Crippen molar-refractivity contribution in [3.05, 3.63) is 70.5 Å². The lowest BCUT2D eigenvalue weighted by molar-refractivity contribution is -0.140. The molecule has 0 fully saturated rings. The van der Waals surface area contributed by atoms with Gasteiger partial charge in [-0.1, -0.05) is 61.8 Å². The van der Waals surface area contributed by atoms with E-state index in [2.05, 4.69) is 5.32 Å². The molecule has 0 aliphatic carbocycles. The predicted molar refractivity (Wildman–Crippen MR) is 114 cm³/mol. The third kappa shape index (κ3) is 6.57. The van der Waals surface area contributed by atoms with Crippen molar-refractivity contribution in [2.75, 3.05) is 13.1 Å². The lowest BCUT2D eigenvalue weighted by Gasteiger charge is -2.31. The van der Waals surface area contributed by atoms with Crippen molar-refractivity contribution in [2.24, 2.45) is 0 Å². The van der Waals surface area contributed by atoms with Crippen molar-refractivity contribution in [3.8, 4) is 0 Å². The quantitative estimate of drug-likeness (QED) is 0.621. The fourth-order valence-corrected chi connectivity index (χ4v) is 3.45. The van der Waals surface area contributed by atoms with Gasteiger partial charge in [0.2, 0.25) is 11.8 Å². The normalized spacial score (nSPS) is 11.7. The predicted octanol–water partition coefficient (Wildman–Crippen LogP) is 4.40. The van der Waals surface area contributed by atoms with E-state index in [0.717, 1.165) is 12.0 Å². The monoisotopic (exact) mass is 418 g/mol. The van der Waals surface area contributed by atoms with Gasteiger partial charge in [-0.3, -0.25) is 9.59 Å². The second-order valence-electron chi connectivity index (χ2n) is 6.91. The first kappa shape index (κ1) is 22.9. The van der Waals surface area contributed by atoms with Crippen LogP contribution in [0.15, 0.2) is 48.5 Å². The van der Waals surface area contributed by atoms with E-state index in [9.17, 15) is 14.0 Å². The van der Waals surface area contributed by atoms with Crippen LogP contribution in [0.3, 0.4) is 0 Å². The number of nitrogens with one attached hydrogen (secondary N) is 1. The molecule has 0 saturated carbocycles. The molecule has 0 aromatic heterocycles. The summed E-state index contributed by atoms with van der Waals surface area (Å²) in [6.07, 6.45) is 1.71. The average Bonchev–Trinajstić information content (AvgIpc) is 2.72. The molecule has 1 N–H and O–H groups in total. The van der Waals surface area contributed by atoms with Crippen LogP contribution < -0.4 is 5.32 Å². The summed E-state index contributed by atoms with van der Waals surface area (Å²) in [6.45, 7) is 4.76. The highest BCUT2D eigenvalue weighted by Crippen LogP contribution is 2.21. The number of nitrogens with zero attached hydrogens (tertiary/aromatic N) is 1. The number of hydrogen-bond donors (Lipinski definition) is 1. The molecule has 0 radical (unpaired) electrons. The van der Waals surface area contributed by atoms with Crippen molar-refractivity contribution >= 4 is 23.4 Å². The zero-order valence-electron chi connectivity index (χ0n) is 17.0. The van der Waals surface area contributed by atoms with Crippen LogP contribution in [-0.4, -0.2) is 35.8 Å². The van der Waals surface area contributed by atoms with Gasteiger partial charge >= 0.3 is 0 Å². The Morgan fingerprint density at radius 2 is 1.83 bits per heavy atom. The zero-order valence-corrected chi connectivity index (χ0v) is 17.7. The lowest BCUT2D eigenvalue weighted by Crippen LogP contribution is -2.50. The van der Waals surface area contributed by atoms with Crippen LogP contribution in [0.5, 0.6) is 0 Å². The second-order valence-corrected chi connectivity index (χ2v) is 7.32. The van der Waals surface area contributed by atoms with E-state index in [4.69, 9.17) is 11.6 Å². The molecule has 0 bridgehead atoms. The Bertz CT molecular complexity index is 794. The van der Waals surface area contributed by atoms with Crippen LogP contribution >= 0.6 is 11.6 Å². The highest BCUT2D eigenvalue weighted by atomic mass is 35.5. The molecule has 0 aliphatic rings. The van der Waals surface area contributed by atoms with Gasteiger partial charge in [0, 0.05) is 23.7 Å². The lowest BCUT2D eigenvalue weighted by atomic mass is 10.1. The SMILES string of the molecule is CCCNC(=O)[C@H](CC)N(CCc1ccccc1)C(=O)Cc1c(F)cccc1Cl. The van der Waals surface area contributed by atoms with E-state index in [-0.39, 0.29) is 28.8 Å². The number of carbonyl (C=O) groups excluding carboxylic acids is 2. The Labute approximate surface area is 177 Å². The minimum Gasteiger partial charge on any atom is -0.354 e. The third-order valence-corrected chi connectivity index (χ3v) is 5.16. The topological polar surface area (TPSA) is 49.4 Å². The van der Waals surface area contributed by atoms with Crippen molar-refractivity contribution < 1.29 is 14.0 Å². The summed E-state index contributed by atoms with van der Waals surface area (Å²) in [5, 5.41) is 3.08. The molecule has 0 heterocycles. The smallest absolute Gasteiger partial charge is 0.242 e. The van der Waals surface area contributed by atoms with Gasteiger partial charge in [0.15, 0.2) is 0 Å². The van der Waals surface area contributed by atoms with Crippen LogP contribution in [-0.2, 0) is 22.4 Å². The van der Waals surface area contributed by atoms with Gasteiger partial charge in [-0.25, -0.2) is 4.39 Å². The fourth-order valence-electron chi connectivity index (χ4n) is 3.22. The van der Waals surface area contributed by atoms with Gasteiger partial charge in [0.05, 0.1) is 6.42 Å². The minimum absolute atomic E-state index is 0.160. The maximum Gasteiger partial charge on any atom is 0.242 e. The molecule has 0 spiro atoms. The molecule has 2 aromatic rings. The Kier molecular flexibility index (Phi) is 9.13. The highest BCUT2D eigenvalue weighted by molar-refractivity contribution is 6.31. The number of halogens is 2. The molecule has 0 unspecified atom stereocenters. The van der Waals surface area contributed by atoms with E-state index in [1.807, 2.05) is 44.2 Å². The molecule has 2 rings (SSSR count). The van der Waals surface area contributed by atoms with Gasteiger partial charge in [-0.2, -0.15) is 0 Å². The van der Waals surface area contributed by atoms with Gasteiger partial charge in [0.1, 0.15) is 11.9 Å². The van der Waals surface area contributed by atoms with Gasteiger partial charge < -0.3 is 10.2 Å². The molecule has 0 aliphatic heterocycles. The van der Waals surface area contributed by atoms with Crippen LogP contribution in [0.25, 0.3) is 0 Å².